The number of hydrogen-bond acceptors (Lipinski definition) is 7. The smallest absolute Gasteiger partial charge is 0.409 e. The van der Waals surface area contributed by atoms with Gasteiger partial charge in [0, 0.05) is 53.6 Å². The third-order valence-electron chi connectivity index (χ3n) is 6.42. The molecule has 11 heteroatoms. The molecule has 40 heavy (non-hydrogen) atoms. The summed E-state index contributed by atoms with van der Waals surface area (Å²) in [5.41, 5.74) is 2.45. The summed E-state index contributed by atoms with van der Waals surface area (Å²) < 4.78 is 43.8. The molecule has 1 atom stereocenters. The lowest BCUT2D eigenvalue weighted by atomic mass is 10.0. The average Bonchev–Trinajstić information content (AvgIpc) is 2.94. The Kier molecular flexibility index (Phi) is 7.92. The van der Waals surface area contributed by atoms with Gasteiger partial charge in [0.15, 0.2) is 0 Å². The molecule has 0 aliphatic carbocycles. The van der Waals surface area contributed by atoms with Gasteiger partial charge in [0.25, 0.3) is 0 Å². The first kappa shape index (κ1) is 27.1. The number of carbonyl (C=O) groups is 1. The maximum Gasteiger partial charge on any atom is 0.409 e. The molecule has 3 heterocycles. The van der Waals surface area contributed by atoms with Crippen molar-refractivity contribution in [1.29, 1.82) is 0 Å². The largest absolute Gasteiger partial charge is 0.437 e. The van der Waals surface area contributed by atoms with Crippen LogP contribution in [0.15, 0.2) is 73.1 Å². The number of nitrogens with one attached hydrogen (secondary N) is 3. The van der Waals surface area contributed by atoms with Gasteiger partial charge in [-0.1, -0.05) is 24.3 Å². The first-order valence-corrected chi connectivity index (χ1v) is 12.8. The van der Waals surface area contributed by atoms with Gasteiger partial charge in [0.05, 0.1) is 11.3 Å². The number of ether oxygens (including phenoxy) is 1. The third kappa shape index (κ3) is 6.55. The Morgan fingerprint density at radius 2 is 1.95 bits per heavy atom. The zero-order chi connectivity index (χ0) is 28.1. The van der Waals surface area contributed by atoms with Crippen molar-refractivity contribution in [2.45, 2.75) is 32.0 Å². The number of rotatable bonds is 7. The fourth-order valence-corrected chi connectivity index (χ4v) is 4.53. The number of aryl methyl sites for hydroxylation is 1. The van der Waals surface area contributed by atoms with Gasteiger partial charge in [0.1, 0.15) is 5.75 Å². The molecule has 2 aromatic carbocycles. The summed E-state index contributed by atoms with van der Waals surface area (Å²) in [6.07, 6.45) is 1.19. The number of anilines is 2. The minimum absolute atomic E-state index is 0.102. The highest BCUT2D eigenvalue weighted by Gasteiger charge is 2.23. The molecule has 4 aromatic rings. The Morgan fingerprint density at radius 1 is 1.07 bits per heavy atom. The Balaban J connectivity index is 1.45. The third-order valence-corrected chi connectivity index (χ3v) is 6.42. The second kappa shape index (κ2) is 11.7. The van der Waals surface area contributed by atoms with Crippen molar-refractivity contribution in [1.82, 2.24) is 20.3 Å². The van der Waals surface area contributed by atoms with Gasteiger partial charge in [-0.25, -0.2) is 15.0 Å². The van der Waals surface area contributed by atoms with Crippen LogP contribution in [0.5, 0.6) is 11.6 Å². The highest BCUT2D eigenvalue weighted by atomic mass is 19.4. The lowest BCUT2D eigenvalue weighted by Gasteiger charge is -2.23. The molecule has 1 aliphatic heterocycles. The minimum atomic E-state index is -4.58. The number of aromatic nitrogens is 3. The fraction of sp³-hybridized carbons (Fsp3) is 0.241. The van der Waals surface area contributed by atoms with Gasteiger partial charge in [-0.2, -0.15) is 13.2 Å². The standard InChI is InChI=1S/C29H27F3N6O2/c1-18-9-10-20-21(6-2-8-23(20)37-25(39)11-13-29(30,31)32)26(18)40-27-22(7-4-15-34-27)24-12-16-35-28(38-24)36-19-5-3-14-33-17-19/h2,4,6-13,15-16,19,33H,3,5,14,17H2,1H3,(H,37,39)(H,35,36,38)/t19-/m0/s1. The number of hydrogen-bond donors (Lipinski definition) is 3. The van der Waals surface area contributed by atoms with Crippen molar-refractivity contribution in [3.63, 3.8) is 0 Å². The van der Waals surface area contributed by atoms with Gasteiger partial charge in [-0.05, 0) is 56.1 Å². The quantitative estimate of drug-likeness (QED) is 0.243. The lowest BCUT2D eigenvalue weighted by Crippen LogP contribution is -2.38. The number of fused-ring (bicyclic) bond motifs is 1. The van der Waals surface area contributed by atoms with Crippen LogP contribution >= 0.6 is 0 Å². The van der Waals surface area contributed by atoms with E-state index in [9.17, 15) is 18.0 Å². The number of pyridine rings is 1. The number of halogens is 3. The molecule has 0 radical (unpaired) electrons. The van der Waals surface area contributed by atoms with Crippen molar-refractivity contribution in [3.8, 4) is 22.9 Å². The summed E-state index contributed by atoms with van der Waals surface area (Å²) in [6.45, 7) is 3.72. The van der Waals surface area contributed by atoms with E-state index in [2.05, 4.69) is 25.9 Å². The SMILES string of the molecule is Cc1ccc2c(NC(=O)C=CC(F)(F)F)cccc2c1Oc1ncccc1-c1ccnc(N[C@H]2CCCNC2)n1. The van der Waals surface area contributed by atoms with Crippen LogP contribution in [0, 0.1) is 6.92 Å². The van der Waals surface area contributed by atoms with Crippen LogP contribution in [-0.4, -0.2) is 46.2 Å². The molecule has 0 bridgehead atoms. The number of nitrogens with zero attached hydrogens (tertiary/aromatic N) is 3. The van der Waals surface area contributed by atoms with E-state index >= 15 is 0 Å². The minimum Gasteiger partial charge on any atom is -0.437 e. The number of allylic oxidation sites excluding steroid dienone is 1. The molecule has 8 nitrogen and oxygen atoms in total. The zero-order valence-electron chi connectivity index (χ0n) is 21.6. The van der Waals surface area contributed by atoms with Crippen LogP contribution in [0.25, 0.3) is 22.0 Å². The van der Waals surface area contributed by atoms with E-state index in [-0.39, 0.29) is 12.1 Å². The molecule has 1 fully saturated rings. The van der Waals surface area contributed by atoms with Crippen molar-refractivity contribution in [2.24, 2.45) is 0 Å². The molecule has 0 unspecified atom stereocenters. The number of amides is 1. The molecule has 3 N–H and O–H groups in total. The van der Waals surface area contributed by atoms with Gasteiger partial charge in [0.2, 0.25) is 17.7 Å². The van der Waals surface area contributed by atoms with E-state index in [0.29, 0.717) is 51.4 Å². The highest BCUT2D eigenvalue weighted by molar-refractivity contribution is 6.07. The Bertz CT molecular complexity index is 1550. The molecule has 206 valence electrons. The summed E-state index contributed by atoms with van der Waals surface area (Å²) >= 11 is 0. The molecule has 2 aromatic heterocycles. The van der Waals surface area contributed by atoms with Gasteiger partial charge >= 0.3 is 6.18 Å². The lowest BCUT2D eigenvalue weighted by molar-refractivity contribution is -0.112. The maximum atomic E-state index is 12.5. The Hall–Kier alpha value is -4.51. The van der Waals surface area contributed by atoms with Gasteiger partial charge < -0.3 is 20.7 Å². The van der Waals surface area contributed by atoms with E-state index in [1.807, 2.05) is 25.1 Å². The number of benzene rings is 2. The predicted octanol–water partition coefficient (Wildman–Crippen LogP) is 6.01. The number of carbonyl (C=O) groups excluding carboxylic acids is 1. The first-order chi connectivity index (χ1) is 19.3. The fourth-order valence-electron chi connectivity index (χ4n) is 4.53. The summed E-state index contributed by atoms with van der Waals surface area (Å²) in [5, 5.41) is 10.5. The van der Waals surface area contributed by atoms with Crippen LogP contribution in [0.3, 0.4) is 0 Å². The van der Waals surface area contributed by atoms with Crippen molar-refractivity contribution in [3.05, 3.63) is 78.6 Å². The molecule has 0 saturated carbocycles. The van der Waals surface area contributed by atoms with Gasteiger partial charge in [-0.3, -0.25) is 4.79 Å². The zero-order valence-corrected chi connectivity index (χ0v) is 21.6. The summed E-state index contributed by atoms with van der Waals surface area (Å²) in [7, 11) is 0. The van der Waals surface area contributed by atoms with Crippen LogP contribution in [-0.2, 0) is 4.79 Å². The van der Waals surface area contributed by atoms with Crippen LogP contribution in [0.4, 0.5) is 24.8 Å². The van der Waals surface area contributed by atoms with Crippen LogP contribution in [0.2, 0.25) is 0 Å². The van der Waals surface area contributed by atoms with E-state index in [4.69, 9.17) is 9.72 Å². The predicted molar refractivity (Wildman–Crippen MR) is 147 cm³/mol. The monoisotopic (exact) mass is 548 g/mol. The van der Waals surface area contributed by atoms with E-state index in [1.165, 1.54) is 0 Å². The second-order valence-electron chi connectivity index (χ2n) is 9.39. The normalized spacial score (nSPS) is 15.8. The number of alkyl halides is 3. The summed E-state index contributed by atoms with van der Waals surface area (Å²) in [4.78, 5) is 25.7. The van der Waals surface area contributed by atoms with E-state index in [1.54, 1.807) is 42.7 Å². The van der Waals surface area contributed by atoms with Crippen LogP contribution in [0.1, 0.15) is 18.4 Å². The van der Waals surface area contributed by atoms with Crippen molar-refractivity contribution in [2.75, 3.05) is 23.7 Å². The number of piperidine rings is 1. The van der Waals surface area contributed by atoms with Crippen molar-refractivity contribution >= 4 is 28.3 Å². The van der Waals surface area contributed by atoms with E-state index < -0.39 is 12.1 Å². The maximum absolute atomic E-state index is 12.5. The highest BCUT2D eigenvalue weighted by Crippen LogP contribution is 2.38. The van der Waals surface area contributed by atoms with Crippen LogP contribution < -0.4 is 20.7 Å². The molecular formula is C29H27F3N6O2. The molecule has 0 spiro atoms. The molecule has 5 rings (SSSR count). The topological polar surface area (TPSA) is 101 Å². The second-order valence-corrected chi connectivity index (χ2v) is 9.39. The summed E-state index contributed by atoms with van der Waals surface area (Å²) in [5.74, 6) is 0.448. The molecular weight excluding hydrogens is 521 g/mol. The molecule has 1 amide bonds. The average molecular weight is 549 g/mol. The first-order valence-electron chi connectivity index (χ1n) is 12.8. The van der Waals surface area contributed by atoms with Crippen molar-refractivity contribution < 1.29 is 22.7 Å². The summed E-state index contributed by atoms with van der Waals surface area (Å²) in [6, 6.07) is 14.4. The Labute approximate surface area is 228 Å². The Morgan fingerprint density at radius 3 is 2.75 bits per heavy atom. The van der Waals surface area contributed by atoms with E-state index in [0.717, 1.165) is 31.5 Å². The van der Waals surface area contributed by atoms with Gasteiger partial charge in [-0.15, -0.1) is 0 Å². The molecule has 1 aliphatic rings. The molecule has 1 saturated heterocycles.